The number of nitrogens with zero attached hydrogens (tertiary/aromatic N) is 1. The third-order valence-corrected chi connectivity index (χ3v) is 1.45. The molecule has 1 rings (SSSR count). The van der Waals surface area contributed by atoms with Crippen molar-refractivity contribution in [2.45, 2.75) is 0 Å². The predicted molar refractivity (Wildman–Crippen MR) is 42.1 cm³/mol. The first-order chi connectivity index (χ1) is 6.06. The minimum atomic E-state index is -0.962. The van der Waals surface area contributed by atoms with Crippen LogP contribution in [0.25, 0.3) is 0 Å². The van der Waals surface area contributed by atoms with Crippen LogP contribution in [0.2, 0.25) is 0 Å². The first-order valence-electron chi connectivity index (χ1n) is 3.29. The maximum absolute atomic E-state index is 13.1. The Balaban J connectivity index is 3.47. The molecule has 13 heavy (non-hydrogen) atoms. The number of halogens is 2. The minimum Gasteiger partial charge on any atom is -0.384 e. The van der Waals surface area contributed by atoms with E-state index in [0.29, 0.717) is 0 Å². The minimum absolute atomic E-state index is 0.392. The molecule has 3 nitrogen and oxygen atoms in total. The molecule has 0 saturated carbocycles. The van der Waals surface area contributed by atoms with Crippen LogP contribution in [-0.2, 0) is 0 Å². The van der Waals surface area contributed by atoms with Crippen LogP contribution in [0, 0.1) is 28.4 Å². The maximum atomic E-state index is 13.1. The third kappa shape index (κ3) is 1.62. The highest BCUT2D eigenvalue weighted by Crippen LogP contribution is 2.14. The molecule has 0 aromatic heterocycles. The van der Waals surface area contributed by atoms with Crippen molar-refractivity contribution in [3.05, 3.63) is 34.9 Å². The van der Waals surface area contributed by atoms with Crippen LogP contribution < -0.4 is 5.73 Å². The van der Waals surface area contributed by atoms with Gasteiger partial charge in [0.1, 0.15) is 17.7 Å². The zero-order chi connectivity index (χ0) is 10.0. The molecule has 0 aliphatic carbocycles. The quantitative estimate of drug-likeness (QED) is 0.503. The van der Waals surface area contributed by atoms with Crippen molar-refractivity contribution in [2.75, 3.05) is 0 Å². The van der Waals surface area contributed by atoms with Crippen molar-refractivity contribution >= 4 is 5.84 Å². The standard InChI is InChI=1S/C8H5F2N3/c9-5-1-4(3-11)7(10)6(2-5)8(12)13/h1-2H,(H3,12,13). The fourth-order valence-corrected chi connectivity index (χ4v) is 0.867. The molecule has 0 amide bonds. The molecule has 0 aliphatic rings. The summed E-state index contributed by atoms with van der Waals surface area (Å²) in [7, 11) is 0. The smallest absolute Gasteiger partial charge is 0.152 e. The molecular weight excluding hydrogens is 176 g/mol. The molecule has 0 unspecified atom stereocenters. The van der Waals surface area contributed by atoms with Crippen molar-refractivity contribution in [3.8, 4) is 6.07 Å². The first-order valence-corrected chi connectivity index (χ1v) is 3.29. The number of hydrogen-bond donors (Lipinski definition) is 2. The number of nitriles is 1. The predicted octanol–water partition coefficient (Wildman–Crippen LogP) is 1.12. The number of nitrogen functional groups attached to an aromatic ring is 1. The molecule has 0 saturated heterocycles. The second-order valence-electron chi connectivity index (χ2n) is 2.34. The third-order valence-electron chi connectivity index (χ3n) is 1.45. The summed E-state index contributed by atoms with van der Waals surface area (Å²) in [5.74, 6) is -2.35. The Morgan fingerprint density at radius 1 is 1.46 bits per heavy atom. The molecule has 0 aliphatic heterocycles. The Hall–Kier alpha value is -1.96. The summed E-state index contributed by atoms with van der Waals surface area (Å²) in [6.07, 6.45) is 0. The lowest BCUT2D eigenvalue weighted by Crippen LogP contribution is -2.14. The Morgan fingerprint density at radius 2 is 2.08 bits per heavy atom. The van der Waals surface area contributed by atoms with E-state index in [0.717, 1.165) is 12.1 Å². The number of nitrogens with two attached hydrogens (primary N) is 1. The zero-order valence-corrected chi connectivity index (χ0v) is 6.44. The number of nitrogens with one attached hydrogen (secondary N) is 1. The van der Waals surface area contributed by atoms with Gasteiger partial charge in [0.25, 0.3) is 0 Å². The van der Waals surface area contributed by atoms with Crippen LogP contribution in [0.5, 0.6) is 0 Å². The molecule has 0 spiro atoms. The van der Waals surface area contributed by atoms with Gasteiger partial charge in [-0.25, -0.2) is 8.78 Å². The van der Waals surface area contributed by atoms with E-state index >= 15 is 0 Å². The van der Waals surface area contributed by atoms with Crippen LogP contribution in [-0.4, -0.2) is 5.84 Å². The van der Waals surface area contributed by atoms with Gasteiger partial charge in [0, 0.05) is 0 Å². The second kappa shape index (κ2) is 3.19. The van der Waals surface area contributed by atoms with Gasteiger partial charge in [-0.05, 0) is 12.1 Å². The summed E-state index contributed by atoms with van der Waals surface area (Å²) in [4.78, 5) is 0. The molecule has 1 aromatic rings. The number of amidine groups is 1. The summed E-state index contributed by atoms with van der Waals surface area (Å²) in [5, 5.41) is 15.3. The summed E-state index contributed by atoms with van der Waals surface area (Å²) in [5.41, 5.74) is 4.13. The summed E-state index contributed by atoms with van der Waals surface area (Å²) in [6.45, 7) is 0. The Morgan fingerprint density at radius 3 is 2.54 bits per heavy atom. The van der Waals surface area contributed by atoms with E-state index in [1.54, 1.807) is 0 Å². The molecule has 1 aromatic carbocycles. The Kier molecular flexibility index (Phi) is 2.24. The van der Waals surface area contributed by atoms with E-state index in [1.165, 1.54) is 6.07 Å². The molecule has 66 valence electrons. The molecule has 0 atom stereocenters. The van der Waals surface area contributed by atoms with E-state index in [-0.39, 0.29) is 0 Å². The SMILES string of the molecule is N#Cc1cc(F)cc(C(=N)N)c1F. The van der Waals surface area contributed by atoms with Crippen LogP contribution in [0.15, 0.2) is 12.1 Å². The molecular formula is C8H5F2N3. The second-order valence-corrected chi connectivity index (χ2v) is 2.34. The van der Waals surface area contributed by atoms with Gasteiger partial charge < -0.3 is 5.73 Å². The molecule has 0 radical (unpaired) electrons. The zero-order valence-electron chi connectivity index (χ0n) is 6.44. The molecule has 0 heterocycles. The fraction of sp³-hybridized carbons (Fsp3) is 0. The summed E-state index contributed by atoms with van der Waals surface area (Å²) < 4.78 is 25.8. The number of hydrogen-bond acceptors (Lipinski definition) is 2. The largest absolute Gasteiger partial charge is 0.384 e. The normalized spacial score (nSPS) is 9.31. The van der Waals surface area contributed by atoms with Gasteiger partial charge in [-0.2, -0.15) is 5.26 Å². The van der Waals surface area contributed by atoms with Gasteiger partial charge in [-0.3, -0.25) is 5.41 Å². The highest BCUT2D eigenvalue weighted by atomic mass is 19.1. The van der Waals surface area contributed by atoms with E-state index < -0.39 is 28.6 Å². The van der Waals surface area contributed by atoms with Crippen molar-refractivity contribution in [1.82, 2.24) is 0 Å². The highest BCUT2D eigenvalue weighted by Gasteiger charge is 2.12. The topological polar surface area (TPSA) is 73.7 Å². The van der Waals surface area contributed by atoms with E-state index in [2.05, 4.69) is 0 Å². The number of rotatable bonds is 1. The van der Waals surface area contributed by atoms with E-state index in [4.69, 9.17) is 16.4 Å². The average Bonchev–Trinajstić information content (AvgIpc) is 2.08. The number of benzene rings is 1. The summed E-state index contributed by atoms with van der Waals surface area (Å²) >= 11 is 0. The van der Waals surface area contributed by atoms with Crippen molar-refractivity contribution in [3.63, 3.8) is 0 Å². The van der Waals surface area contributed by atoms with Crippen LogP contribution >= 0.6 is 0 Å². The van der Waals surface area contributed by atoms with Gasteiger partial charge in [-0.15, -0.1) is 0 Å². The van der Waals surface area contributed by atoms with Gasteiger partial charge in [0.15, 0.2) is 5.82 Å². The molecule has 5 heteroatoms. The lowest BCUT2D eigenvalue weighted by atomic mass is 10.1. The van der Waals surface area contributed by atoms with Crippen LogP contribution in [0.4, 0.5) is 8.78 Å². The van der Waals surface area contributed by atoms with E-state index in [1.807, 2.05) is 0 Å². The lowest BCUT2D eigenvalue weighted by Gasteiger charge is -2.01. The summed E-state index contributed by atoms with van der Waals surface area (Å²) in [6, 6.07) is 2.99. The fourth-order valence-electron chi connectivity index (χ4n) is 0.867. The highest BCUT2D eigenvalue weighted by molar-refractivity contribution is 5.95. The van der Waals surface area contributed by atoms with Crippen LogP contribution in [0.3, 0.4) is 0 Å². The van der Waals surface area contributed by atoms with Gasteiger partial charge in [-0.1, -0.05) is 0 Å². The average molecular weight is 181 g/mol. The van der Waals surface area contributed by atoms with Crippen LogP contribution in [0.1, 0.15) is 11.1 Å². The Labute approximate surface area is 72.9 Å². The molecule has 3 N–H and O–H groups in total. The van der Waals surface area contributed by atoms with Crippen molar-refractivity contribution < 1.29 is 8.78 Å². The monoisotopic (exact) mass is 181 g/mol. The first kappa shape index (κ1) is 9.13. The Bertz CT molecular complexity index is 407. The van der Waals surface area contributed by atoms with Gasteiger partial charge in [0.05, 0.1) is 11.1 Å². The molecule has 0 bridgehead atoms. The maximum Gasteiger partial charge on any atom is 0.152 e. The van der Waals surface area contributed by atoms with E-state index in [9.17, 15) is 8.78 Å². The lowest BCUT2D eigenvalue weighted by molar-refractivity contribution is 0.594. The van der Waals surface area contributed by atoms with Crippen molar-refractivity contribution in [1.29, 1.82) is 10.7 Å². The van der Waals surface area contributed by atoms with Gasteiger partial charge >= 0.3 is 0 Å². The molecule has 0 fully saturated rings. The van der Waals surface area contributed by atoms with Crippen molar-refractivity contribution in [2.24, 2.45) is 5.73 Å². The van der Waals surface area contributed by atoms with Gasteiger partial charge in [0.2, 0.25) is 0 Å².